The molecule has 0 saturated carbocycles. The monoisotopic (exact) mass is 333 g/mol. The van der Waals surface area contributed by atoms with E-state index in [9.17, 15) is 4.79 Å². The number of aryl methyl sites for hydroxylation is 1. The first-order valence-electron chi connectivity index (χ1n) is 8.96. The Balaban J connectivity index is 1.72. The number of benzene rings is 2. The van der Waals surface area contributed by atoms with Crippen LogP contribution in [0.3, 0.4) is 0 Å². The minimum absolute atomic E-state index is 0.256. The minimum Gasteiger partial charge on any atom is -0.465 e. The number of hydrogen-bond acceptors (Lipinski definition) is 3. The molecule has 25 heavy (non-hydrogen) atoms. The van der Waals surface area contributed by atoms with E-state index in [-0.39, 0.29) is 12.0 Å². The van der Waals surface area contributed by atoms with Crippen molar-refractivity contribution in [1.82, 2.24) is 0 Å². The molecule has 0 aromatic heterocycles. The van der Waals surface area contributed by atoms with Crippen LogP contribution in [0.15, 0.2) is 54.6 Å². The van der Waals surface area contributed by atoms with Crippen molar-refractivity contribution in [2.45, 2.75) is 31.7 Å². The molecule has 3 atom stereocenters. The van der Waals surface area contributed by atoms with Crippen LogP contribution in [0, 0.1) is 5.92 Å². The van der Waals surface area contributed by atoms with Crippen LogP contribution in [-0.2, 0) is 11.2 Å². The number of fused-ring (bicyclic) bond motifs is 3. The van der Waals surface area contributed by atoms with Gasteiger partial charge in [0.25, 0.3) is 0 Å². The summed E-state index contributed by atoms with van der Waals surface area (Å²) in [4.78, 5) is 11.7. The van der Waals surface area contributed by atoms with E-state index in [1.165, 1.54) is 29.5 Å². The van der Waals surface area contributed by atoms with Gasteiger partial charge in [-0.1, -0.05) is 49.4 Å². The second kappa shape index (κ2) is 6.40. The first kappa shape index (κ1) is 15.9. The summed E-state index contributed by atoms with van der Waals surface area (Å²) in [7, 11) is 1.41. The lowest BCUT2D eigenvalue weighted by Crippen LogP contribution is -2.29. The fourth-order valence-electron chi connectivity index (χ4n) is 4.26. The summed E-state index contributed by atoms with van der Waals surface area (Å²) < 4.78 is 4.80. The van der Waals surface area contributed by atoms with Crippen molar-refractivity contribution in [3.05, 3.63) is 76.9 Å². The number of esters is 1. The number of carbonyl (C=O) groups is 1. The van der Waals surface area contributed by atoms with Gasteiger partial charge in [0.15, 0.2) is 0 Å². The number of nitrogens with one attached hydrogen (secondary N) is 1. The fourth-order valence-corrected chi connectivity index (χ4v) is 4.26. The molecule has 128 valence electrons. The first-order chi connectivity index (χ1) is 12.2. The van der Waals surface area contributed by atoms with E-state index < -0.39 is 0 Å². The first-order valence-corrected chi connectivity index (χ1v) is 8.96. The summed E-state index contributed by atoms with van der Waals surface area (Å²) in [6.07, 6.45) is 6.77. The predicted octanol–water partition coefficient (Wildman–Crippen LogP) is 4.86. The zero-order valence-corrected chi connectivity index (χ0v) is 14.7. The van der Waals surface area contributed by atoms with Crippen LogP contribution in [0.1, 0.15) is 52.4 Å². The van der Waals surface area contributed by atoms with E-state index >= 15 is 0 Å². The van der Waals surface area contributed by atoms with Crippen molar-refractivity contribution in [2.75, 3.05) is 12.4 Å². The molecule has 1 aliphatic carbocycles. The number of methoxy groups -OCH3 is 1. The molecule has 2 aromatic carbocycles. The van der Waals surface area contributed by atoms with Gasteiger partial charge in [-0.05, 0) is 47.6 Å². The van der Waals surface area contributed by atoms with Crippen LogP contribution in [0.25, 0.3) is 0 Å². The maximum atomic E-state index is 11.7. The average molecular weight is 333 g/mol. The summed E-state index contributed by atoms with van der Waals surface area (Å²) in [6.45, 7) is 2.20. The number of anilines is 1. The van der Waals surface area contributed by atoms with Crippen LogP contribution < -0.4 is 5.32 Å². The van der Waals surface area contributed by atoms with Crippen LogP contribution in [0.5, 0.6) is 0 Å². The molecule has 2 aromatic rings. The molecule has 0 amide bonds. The lowest BCUT2D eigenvalue weighted by Gasteiger charge is -2.38. The Morgan fingerprint density at radius 3 is 2.72 bits per heavy atom. The predicted molar refractivity (Wildman–Crippen MR) is 100.0 cm³/mol. The third-order valence-corrected chi connectivity index (χ3v) is 5.55. The Bertz CT molecular complexity index is 822. The number of ether oxygens (including phenoxy) is 1. The standard InChI is InChI=1S/C22H23NO2/c1-3-14-6-4-8-18-17-7-5-9-19(17)21(23-20(14)18)15-10-12-16(13-11-15)22(24)25-2/h4-8,10-13,17,19,21,23H,3,9H2,1-2H3/t17-,19+,21+/m0/s1. The van der Waals surface area contributed by atoms with Gasteiger partial charge < -0.3 is 10.1 Å². The number of hydrogen-bond donors (Lipinski definition) is 1. The Morgan fingerprint density at radius 1 is 1.20 bits per heavy atom. The SMILES string of the molecule is CCc1cccc2c1N[C@H](c1ccc(C(=O)OC)cc1)[C@@H]1CC=C[C@@H]21. The number of allylic oxidation sites excluding steroid dienone is 2. The van der Waals surface area contributed by atoms with E-state index in [1.807, 2.05) is 12.1 Å². The van der Waals surface area contributed by atoms with Crippen molar-refractivity contribution in [2.24, 2.45) is 5.92 Å². The molecule has 0 bridgehead atoms. The third kappa shape index (κ3) is 2.64. The number of rotatable bonds is 3. The van der Waals surface area contributed by atoms with E-state index in [4.69, 9.17) is 4.74 Å². The molecule has 0 unspecified atom stereocenters. The van der Waals surface area contributed by atoms with Gasteiger partial charge in [-0.2, -0.15) is 0 Å². The highest BCUT2D eigenvalue weighted by Gasteiger charge is 2.38. The summed E-state index contributed by atoms with van der Waals surface area (Å²) in [5, 5.41) is 3.81. The van der Waals surface area contributed by atoms with Crippen molar-refractivity contribution in [3.8, 4) is 0 Å². The van der Waals surface area contributed by atoms with Crippen molar-refractivity contribution < 1.29 is 9.53 Å². The van der Waals surface area contributed by atoms with Crippen molar-refractivity contribution >= 4 is 11.7 Å². The molecule has 3 heteroatoms. The molecule has 0 fully saturated rings. The molecule has 0 saturated heterocycles. The zero-order chi connectivity index (χ0) is 17.4. The second-order valence-electron chi connectivity index (χ2n) is 6.82. The maximum absolute atomic E-state index is 11.7. The third-order valence-electron chi connectivity index (χ3n) is 5.55. The smallest absolute Gasteiger partial charge is 0.337 e. The number of carbonyl (C=O) groups excluding carboxylic acids is 1. The van der Waals surface area contributed by atoms with Gasteiger partial charge in [-0.25, -0.2) is 4.79 Å². The molecule has 3 nitrogen and oxygen atoms in total. The molecule has 1 aliphatic heterocycles. The van der Waals surface area contributed by atoms with Crippen LogP contribution in [-0.4, -0.2) is 13.1 Å². The van der Waals surface area contributed by atoms with Crippen LogP contribution in [0.2, 0.25) is 0 Å². The molecule has 1 N–H and O–H groups in total. The molecule has 2 aliphatic rings. The van der Waals surface area contributed by atoms with E-state index in [2.05, 4.69) is 54.7 Å². The topological polar surface area (TPSA) is 38.3 Å². The fraction of sp³-hybridized carbons (Fsp3) is 0.318. The van der Waals surface area contributed by atoms with Gasteiger partial charge in [0.2, 0.25) is 0 Å². The number of para-hydroxylation sites is 1. The summed E-state index contributed by atoms with van der Waals surface area (Å²) in [5.74, 6) is 0.693. The lowest BCUT2D eigenvalue weighted by atomic mass is 9.76. The molecule has 0 radical (unpaired) electrons. The molecule has 1 heterocycles. The quantitative estimate of drug-likeness (QED) is 0.644. The van der Waals surface area contributed by atoms with Crippen molar-refractivity contribution in [1.29, 1.82) is 0 Å². The second-order valence-corrected chi connectivity index (χ2v) is 6.82. The van der Waals surface area contributed by atoms with Gasteiger partial charge >= 0.3 is 5.97 Å². The van der Waals surface area contributed by atoms with E-state index in [1.54, 1.807) is 0 Å². The summed E-state index contributed by atoms with van der Waals surface area (Å²) >= 11 is 0. The zero-order valence-electron chi connectivity index (χ0n) is 14.7. The van der Waals surface area contributed by atoms with E-state index in [0.717, 1.165) is 12.8 Å². The Hall–Kier alpha value is -2.55. The largest absolute Gasteiger partial charge is 0.465 e. The Labute approximate surface area is 148 Å². The molecular weight excluding hydrogens is 310 g/mol. The average Bonchev–Trinajstić information content (AvgIpc) is 3.16. The van der Waals surface area contributed by atoms with Crippen LogP contribution in [0.4, 0.5) is 5.69 Å². The Kier molecular flexibility index (Phi) is 4.08. The van der Waals surface area contributed by atoms with Gasteiger partial charge in [0, 0.05) is 11.6 Å². The molecular formula is C22H23NO2. The summed E-state index contributed by atoms with van der Waals surface area (Å²) in [6, 6.07) is 14.7. The van der Waals surface area contributed by atoms with Gasteiger partial charge in [-0.15, -0.1) is 0 Å². The highest BCUT2D eigenvalue weighted by atomic mass is 16.5. The normalized spacial score (nSPS) is 23.5. The maximum Gasteiger partial charge on any atom is 0.337 e. The van der Waals surface area contributed by atoms with Crippen LogP contribution >= 0.6 is 0 Å². The Morgan fingerprint density at radius 2 is 2.00 bits per heavy atom. The van der Waals surface area contributed by atoms with Gasteiger partial charge in [0.05, 0.1) is 18.7 Å². The lowest BCUT2D eigenvalue weighted by molar-refractivity contribution is 0.0600. The highest BCUT2D eigenvalue weighted by molar-refractivity contribution is 5.89. The molecule has 4 rings (SSSR count). The summed E-state index contributed by atoms with van der Waals surface area (Å²) in [5.41, 5.74) is 5.90. The van der Waals surface area contributed by atoms with E-state index in [0.29, 0.717) is 17.4 Å². The molecule has 0 spiro atoms. The van der Waals surface area contributed by atoms with Crippen molar-refractivity contribution in [3.63, 3.8) is 0 Å². The highest BCUT2D eigenvalue weighted by Crippen LogP contribution is 2.50. The minimum atomic E-state index is -0.290. The van der Waals surface area contributed by atoms with Gasteiger partial charge in [-0.3, -0.25) is 0 Å². The van der Waals surface area contributed by atoms with Gasteiger partial charge in [0.1, 0.15) is 0 Å².